The number of hydrogen-bond acceptors (Lipinski definition) is 3. The van der Waals surface area contributed by atoms with E-state index in [1.54, 1.807) is 24.9 Å². The Morgan fingerprint density at radius 2 is 1.94 bits per heavy atom. The van der Waals surface area contributed by atoms with Crippen LogP contribution in [0.4, 0.5) is 0 Å². The predicted octanol–water partition coefficient (Wildman–Crippen LogP) is 3.72. The first-order chi connectivity index (χ1) is 8.33. The summed E-state index contributed by atoms with van der Waals surface area (Å²) in [6.45, 7) is 0. The minimum absolute atomic E-state index is 0.671. The number of methoxy groups -OCH3 is 1. The van der Waals surface area contributed by atoms with Crippen LogP contribution in [-0.4, -0.2) is 7.11 Å². The van der Waals surface area contributed by atoms with E-state index >= 15 is 0 Å². The zero-order chi connectivity index (χ0) is 12.1. The molecule has 84 valence electrons. The molecular formula is C14H11NOS. The van der Waals surface area contributed by atoms with E-state index in [9.17, 15) is 0 Å². The van der Waals surface area contributed by atoms with Crippen molar-refractivity contribution in [1.82, 2.24) is 0 Å². The fourth-order valence-electron chi connectivity index (χ4n) is 1.46. The molecule has 0 aliphatic carbocycles. The van der Waals surface area contributed by atoms with Gasteiger partial charge in [0.1, 0.15) is 5.75 Å². The Balaban J connectivity index is 2.28. The van der Waals surface area contributed by atoms with Gasteiger partial charge in [-0.3, -0.25) is 0 Å². The smallest absolute Gasteiger partial charge is 0.132 e. The highest BCUT2D eigenvalue weighted by atomic mass is 32.2. The van der Waals surface area contributed by atoms with Crippen molar-refractivity contribution in [2.75, 3.05) is 7.11 Å². The molecule has 0 saturated carbocycles. The van der Waals surface area contributed by atoms with E-state index in [-0.39, 0.29) is 0 Å². The molecule has 0 heterocycles. The van der Waals surface area contributed by atoms with Crippen molar-refractivity contribution in [3.8, 4) is 11.8 Å². The zero-order valence-corrected chi connectivity index (χ0v) is 10.2. The van der Waals surface area contributed by atoms with E-state index in [0.29, 0.717) is 5.56 Å². The molecule has 0 unspecified atom stereocenters. The summed E-state index contributed by atoms with van der Waals surface area (Å²) in [6, 6.07) is 17.5. The lowest BCUT2D eigenvalue weighted by atomic mass is 10.2. The first-order valence-electron chi connectivity index (χ1n) is 5.14. The third-order valence-corrected chi connectivity index (χ3v) is 3.31. The van der Waals surface area contributed by atoms with E-state index in [2.05, 4.69) is 6.07 Å². The van der Waals surface area contributed by atoms with E-state index in [4.69, 9.17) is 10.00 Å². The summed E-state index contributed by atoms with van der Waals surface area (Å²) in [5.41, 5.74) is 0.671. The molecule has 2 nitrogen and oxygen atoms in total. The third-order valence-electron chi connectivity index (χ3n) is 2.26. The van der Waals surface area contributed by atoms with Gasteiger partial charge in [0, 0.05) is 4.90 Å². The van der Waals surface area contributed by atoms with Crippen LogP contribution < -0.4 is 4.74 Å². The van der Waals surface area contributed by atoms with Gasteiger partial charge in [0.2, 0.25) is 0 Å². The lowest BCUT2D eigenvalue weighted by molar-refractivity contribution is 0.405. The molecule has 0 spiro atoms. The largest absolute Gasteiger partial charge is 0.496 e. The summed E-state index contributed by atoms with van der Waals surface area (Å²) in [7, 11) is 1.66. The first-order valence-corrected chi connectivity index (χ1v) is 5.96. The van der Waals surface area contributed by atoms with E-state index in [1.807, 2.05) is 42.5 Å². The topological polar surface area (TPSA) is 33.0 Å². The molecule has 0 saturated heterocycles. The second-order valence-corrected chi connectivity index (χ2v) is 4.51. The molecule has 17 heavy (non-hydrogen) atoms. The quantitative estimate of drug-likeness (QED) is 0.821. The van der Waals surface area contributed by atoms with Crippen molar-refractivity contribution in [2.24, 2.45) is 0 Å². The van der Waals surface area contributed by atoms with Gasteiger partial charge < -0.3 is 4.74 Å². The van der Waals surface area contributed by atoms with Crippen LogP contribution in [0.5, 0.6) is 5.75 Å². The molecule has 2 aromatic carbocycles. The number of nitriles is 1. The lowest BCUT2D eigenvalue weighted by Crippen LogP contribution is -1.85. The van der Waals surface area contributed by atoms with Gasteiger partial charge in [0.25, 0.3) is 0 Å². The van der Waals surface area contributed by atoms with Crippen LogP contribution in [0.25, 0.3) is 0 Å². The van der Waals surface area contributed by atoms with Crippen molar-refractivity contribution < 1.29 is 4.74 Å². The number of benzene rings is 2. The predicted molar refractivity (Wildman–Crippen MR) is 68.3 cm³/mol. The molecule has 2 aromatic rings. The maximum absolute atomic E-state index is 8.84. The highest BCUT2D eigenvalue weighted by Gasteiger charge is 2.04. The summed E-state index contributed by atoms with van der Waals surface area (Å²) in [6.07, 6.45) is 0. The fourth-order valence-corrected chi connectivity index (χ4v) is 2.44. The van der Waals surface area contributed by atoms with Crippen LogP contribution in [0.15, 0.2) is 58.3 Å². The number of nitrogens with zero attached hydrogens (tertiary/aromatic N) is 1. The van der Waals surface area contributed by atoms with Gasteiger partial charge in [-0.1, -0.05) is 30.0 Å². The van der Waals surface area contributed by atoms with Crippen LogP contribution in [0, 0.1) is 11.3 Å². The number of rotatable bonds is 3. The SMILES string of the molecule is COc1ccccc1Sc1cccc(C#N)c1. The molecule has 0 amide bonds. The van der Waals surface area contributed by atoms with Gasteiger partial charge in [0.15, 0.2) is 0 Å². The maximum atomic E-state index is 8.84. The summed E-state index contributed by atoms with van der Waals surface area (Å²) in [5, 5.41) is 8.84. The Morgan fingerprint density at radius 1 is 1.12 bits per heavy atom. The number of para-hydroxylation sites is 1. The molecule has 0 N–H and O–H groups in total. The second-order valence-electron chi connectivity index (χ2n) is 3.39. The molecule has 0 fully saturated rings. The molecule has 0 radical (unpaired) electrons. The van der Waals surface area contributed by atoms with Crippen LogP contribution in [0.1, 0.15) is 5.56 Å². The Kier molecular flexibility index (Phi) is 3.69. The van der Waals surface area contributed by atoms with Gasteiger partial charge in [-0.2, -0.15) is 5.26 Å². The van der Waals surface area contributed by atoms with Crippen molar-refractivity contribution in [3.63, 3.8) is 0 Å². The van der Waals surface area contributed by atoms with Crippen LogP contribution in [0.2, 0.25) is 0 Å². The minimum atomic E-state index is 0.671. The highest BCUT2D eigenvalue weighted by Crippen LogP contribution is 2.34. The molecule has 3 heteroatoms. The summed E-state index contributed by atoms with van der Waals surface area (Å²) in [5.74, 6) is 0.847. The van der Waals surface area contributed by atoms with Gasteiger partial charge >= 0.3 is 0 Å². The standard InChI is InChI=1S/C14H11NOS/c1-16-13-7-2-3-8-14(13)17-12-6-4-5-11(9-12)10-15/h2-9H,1H3. The lowest BCUT2D eigenvalue weighted by Gasteiger charge is -2.07. The molecule has 2 rings (SSSR count). The van der Waals surface area contributed by atoms with Crippen LogP contribution >= 0.6 is 11.8 Å². The minimum Gasteiger partial charge on any atom is -0.496 e. The average Bonchev–Trinajstić information content (AvgIpc) is 2.39. The Labute approximate surface area is 105 Å². The highest BCUT2D eigenvalue weighted by molar-refractivity contribution is 7.99. The first kappa shape index (κ1) is 11.6. The normalized spacial score (nSPS) is 9.65. The molecular weight excluding hydrogens is 230 g/mol. The Bertz CT molecular complexity index is 560. The molecule has 0 bridgehead atoms. The third kappa shape index (κ3) is 2.80. The monoisotopic (exact) mass is 241 g/mol. The van der Waals surface area contributed by atoms with E-state index < -0.39 is 0 Å². The van der Waals surface area contributed by atoms with Crippen molar-refractivity contribution in [3.05, 3.63) is 54.1 Å². The summed E-state index contributed by atoms with van der Waals surface area (Å²) >= 11 is 1.59. The van der Waals surface area contributed by atoms with Gasteiger partial charge in [0.05, 0.1) is 23.6 Å². The van der Waals surface area contributed by atoms with E-state index in [0.717, 1.165) is 15.5 Å². The van der Waals surface area contributed by atoms with Gasteiger partial charge in [-0.25, -0.2) is 0 Å². The van der Waals surface area contributed by atoms with Crippen LogP contribution in [0.3, 0.4) is 0 Å². The second kappa shape index (κ2) is 5.42. The maximum Gasteiger partial charge on any atom is 0.132 e. The van der Waals surface area contributed by atoms with Crippen molar-refractivity contribution in [1.29, 1.82) is 5.26 Å². The zero-order valence-electron chi connectivity index (χ0n) is 9.38. The molecule has 0 atom stereocenters. The van der Waals surface area contributed by atoms with E-state index in [1.165, 1.54) is 0 Å². The number of ether oxygens (including phenoxy) is 1. The summed E-state index contributed by atoms with van der Waals surface area (Å²) in [4.78, 5) is 2.08. The van der Waals surface area contributed by atoms with Gasteiger partial charge in [-0.15, -0.1) is 0 Å². The van der Waals surface area contributed by atoms with Gasteiger partial charge in [-0.05, 0) is 30.3 Å². The Hall–Kier alpha value is -1.92. The van der Waals surface area contributed by atoms with Crippen molar-refractivity contribution in [2.45, 2.75) is 9.79 Å². The average molecular weight is 241 g/mol. The Morgan fingerprint density at radius 3 is 2.71 bits per heavy atom. The van der Waals surface area contributed by atoms with Crippen LogP contribution in [-0.2, 0) is 0 Å². The fraction of sp³-hybridized carbons (Fsp3) is 0.0714. The van der Waals surface area contributed by atoms with Crippen molar-refractivity contribution >= 4 is 11.8 Å². The molecule has 0 aliphatic rings. The molecule has 0 aromatic heterocycles. The summed E-state index contributed by atoms with van der Waals surface area (Å²) < 4.78 is 5.29. The number of hydrogen-bond donors (Lipinski definition) is 0. The molecule has 0 aliphatic heterocycles.